The van der Waals surface area contributed by atoms with Crippen LogP contribution in [0.4, 0.5) is 50.8 Å². The number of carbonyl (C=O) groups excluding carboxylic acids is 2. The fourth-order valence-corrected chi connectivity index (χ4v) is 3.48. The number of ether oxygens (including phenoxy) is 2. The first-order chi connectivity index (χ1) is 19.9. The molecule has 3 N–H and O–H groups in total. The molecule has 0 unspecified atom stereocenters. The van der Waals surface area contributed by atoms with Crippen LogP contribution < -0.4 is 25.4 Å². The van der Waals surface area contributed by atoms with Crippen molar-refractivity contribution in [3.05, 3.63) is 73.7 Å². The van der Waals surface area contributed by atoms with E-state index < -0.39 is 30.4 Å². The quantitative estimate of drug-likeness (QED) is 0.0942. The van der Waals surface area contributed by atoms with Crippen LogP contribution in [0.3, 0.4) is 0 Å². The molecule has 0 aliphatic heterocycles. The van der Waals surface area contributed by atoms with E-state index in [0.29, 0.717) is 16.8 Å². The zero-order chi connectivity index (χ0) is 30.4. The highest BCUT2D eigenvalue weighted by molar-refractivity contribution is 5.99. The molecule has 0 bridgehead atoms. The summed E-state index contributed by atoms with van der Waals surface area (Å²) in [6.07, 6.45) is 0.228. The third-order valence-corrected chi connectivity index (χ3v) is 5.20. The van der Waals surface area contributed by atoms with Crippen molar-refractivity contribution in [2.75, 3.05) is 16.0 Å². The van der Waals surface area contributed by atoms with Gasteiger partial charge in [-0.1, -0.05) is 18.7 Å². The van der Waals surface area contributed by atoms with Crippen molar-refractivity contribution in [1.82, 2.24) is 19.7 Å². The number of amides is 1. The van der Waals surface area contributed by atoms with E-state index in [0.717, 1.165) is 18.2 Å². The van der Waals surface area contributed by atoms with Gasteiger partial charge in [-0.25, -0.2) is 9.78 Å². The van der Waals surface area contributed by atoms with E-state index in [1.165, 1.54) is 47.4 Å². The molecule has 0 saturated carbocycles. The zero-order valence-electron chi connectivity index (χ0n) is 21.4. The molecule has 11 nitrogen and oxygen atoms in total. The van der Waals surface area contributed by atoms with E-state index in [2.05, 4.69) is 47.1 Å². The van der Waals surface area contributed by atoms with Crippen molar-refractivity contribution in [2.45, 2.75) is 12.8 Å². The van der Waals surface area contributed by atoms with E-state index in [4.69, 9.17) is 0 Å². The lowest BCUT2D eigenvalue weighted by atomic mass is 10.1. The third kappa shape index (κ3) is 7.77. The van der Waals surface area contributed by atoms with Crippen LogP contribution >= 0.6 is 0 Å². The molecule has 2 aromatic heterocycles. The standard InChI is InChI=1S/C26H20F5N7O4/c1-3-21(39)34-15-8-16(10-19(9-15)41-23(40)26(29,30)31)35-22-20(14-4-6-18(7-5-14)42-24(27)28)12-32-25(37-22)36-17-11-33-38(2)13-17/h3-13,24H,1H2,2H3,(H,34,39)(H2,32,35,36,37). The maximum Gasteiger partial charge on any atom is 0.491 e. The Morgan fingerprint density at radius 1 is 1.00 bits per heavy atom. The number of nitrogens with zero attached hydrogens (tertiary/aromatic N) is 4. The SMILES string of the molecule is C=CC(=O)Nc1cc(Nc2nc(Nc3cnn(C)c3)ncc2-c2ccc(OC(F)F)cc2)cc(OC(=O)C(F)(F)F)c1. The minimum atomic E-state index is -5.28. The number of halogens is 5. The smallest absolute Gasteiger partial charge is 0.435 e. The molecule has 0 atom stereocenters. The summed E-state index contributed by atoms with van der Waals surface area (Å²) in [5.74, 6) is -3.61. The second-order valence-corrected chi connectivity index (χ2v) is 8.34. The predicted octanol–water partition coefficient (Wildman–Crippen LogP) is 5.56. The number of anilines is 5. The molecule has 2 heterocycles. The monoisotopic (exact) mass is 589 g/mol. The van der Waals surface area contributed by atoms with Gasteiger partial charge in [0.15, 0.2) is 0 Å². The largest absolute Gasteiger partial charge is 0.491 e. The van der Waals surface area contributed by atoms with Crippen LogP contribution in [0.5, 0.6) is 11.5 Å². The number of nitrogens with one attached hydrogen (secondary N) is 3. The Bertz CT molecular complexity index is 1610. The van der Waals surface area contributed by atoms with Gasteiger partial charge in [-0.15, -0.1) is 0 Å². The molecule has 4 aromatic rings. The van der Waals surface area contributed by atoms with E-state index in [1.54, 1.807) is 13.2 Å². The number of aryl methyl sites for hydroxylation is 1. The number of carbonyl (C=O) groups is 2. The minimum Gasteiger partial charge on any atom is -0.435 e. The molecule has 218 valence electrons. The van der Waals surface area contributed by atoms with Gasteiger partial charge in [-0.2, -0.15) is 32.0 Å². The number of aromatic nitrogens is 4. The summed E-state index contributed by atoms with van der Waals surface area (Å²) in [6, 6.07) is 8.95. The van der Waals surface area contributed by atoms with Gasteiger partial charge in [0.25, 0.3) is 0 Å². The minimum absolute atomic E-state index is 0.0345. The molecule has 0 fully saturated rings. The summed E-state index contributed by atoms with van der Waals surface area (Å²) in [7, 11) is 1.70. The van der Waals surface area contributed by atoms with Gasteiger partial charge < -0.3 is 25.4 Å². The first-order valence-electron chi connectivity index (χ1n) is 11.7. The van der Waals surface area contributed by atoms with Gasteiger partial charge in [0.05, 0.1) is 11.9 Å². The molecule has 0 radical (unpaired) electrons. The van der Waals surface area contributed by atoms with Crippen molar-refractivity contribution in [2.24, 2.45) is 7.05 Å². The van der Waals surface area contributed by atoms with Crippen LogP contribution in [0.15, 0.2) is 73.7 Å². The molecule has 2 aromatic carbocycles. The van der Waals surface area contributed by atoms with Gasteiger partial charge in [-0.05, 0) is 29.8 Å². The summed E-state index contributed by atoms with van der Waals surface area (Å²) in [4.78, 5) is 32.1. The molecule has 16 heteroatoms. The topological polar surface area (TPSA) is 132 Å². The molecule has 0 aliphatic carbocycles. The number of hydrogen-bond acceptors (Lipinski definition) is 9. The summed E-state index contributed by atoms with van der Waals surface area (Å²) in [5, 5.41) is 12.3. The highest BCUT2D eigenvalue weighted by Gasteiger charge is 2.41. The second kappa shape index (κ2) is 12.3. The lowest BCUT2D eigenvalue weighted by molar-refractivity contribution is -0.189. The Balaban J connectivity index is 1.75. The van der Waals surface area contributed by atoms with Gasteiger partial charge >= 0.3 is 18.8 Å². The predicted molar refractivity (Wildman–Crippen MR) is 141 cm³/mol. The molecular weight excluding hydrogens is 569 g/mol. The average Bonchev–Trinajstić information content (AvgIpc) is 3.32. The first kappa shape index (κ1) is 29.4. The molecule has 0 saturated heterocycles. The van der Waals surface area contributed by atoms with Crippen LogP contribution in [0.1, 0.15) is 0 Å². The number of benzene rings is 2. The normalized spacial score (nSPS) is 11.1. The second-order valence-electron chi connectivity index (χ2n) is 8.34. The first-order valence-corrected chi connectivity index (χ1v) is 11.7. The van der Waals surface area contributed by atoms with Crippen LogP contribution in [0.2, 0.25) is 0 Å². The molecule has 1 amide bonds. The zero-order valence-corrected chi connectivity index (χ0v) is 21.4. The van der Waals surface area contributed by atoms with Crippen LogP contribution in [-0.2, 0) is 16.6 Å². The van der Waals surface area contributed by atoms with Crippen LogP contribution in [0, 0.1) is 0 Å². The average molecular weight is 589 g/mol. The van der Waals surface area contributed by atoms with Crippen LogP contribution in [0.25, 0.3) is 11.1 Å². The van der Waals surface area contributed by atoms with Gasteiger partial charge in [0.2, 0.25) is 11.9 Å². The lowest BCUT2D eigenvalue weighted by Gasteiger charge is -2.16. The Hall–Kier alpha value is -5.54. The number of rotatable bonds is 10. The van der Waals surface area contributed by atoms with Crippen molar-refractivity contribution in [3.8, 4) is 22.6 Å². The molecule has 0 spiro atoms. The van der Waals surface area contributed by atoms with Crippen molar-refractivity contribution < 1.29 is 41.0 Å². The fraction of sp³-hybridized carbons (Fsp3) is 0.115. The number of alkyl halides is 5. The third-order valence-electron chi connectivity index (χ3n) is 5.20. The molecular formula is C26H20F5N7O4. The van der Waals surface area contributed by atoms with Gasteiger partial charge in [-0.3, -0.25) is 9.48 Å². The Kier molecular flexibility index (Phi) is 8.64. The van der Waals surface area contributed by atoms with Crippen molar-refractivity contribution >= 4 is 40.7 Å². The van der Waals surface area contributed by atoms with Gasteiger partial charge in [0, 0.05) is 48.5 Å². The summed E-state index contributed by atoms with van der Waals surface area (Å²) in [6.45, 7) is 0.296. The molecule has 42 heavy (non-hydrogen) atoms. The van der Waals surface area contributed by atoms with E-state index in [9.17, 15) is 31.5 Å². The Morgan fingerprint density at radius 3 is 2.33 bits per heavy atom. The van der Waals surface area contributed by atoms with E-state index in [1.807, 2.05) is 0 Å². The van der Waals surface area contributed by atoms with Crippen molar-refractivity contribution in [3.63, 3.8) is 0 Å². The molecule has 0 aliphatic rings. The molecule has 4 rings (SSSR count). The highest BCUT2D eigenvalue weighted by Crippen LogP contribution is 2.34. The fourth-order valence-electron chi connectivity index (χ4n) is 3.48. The van der Waals surface area contributed by atoms with E-state index in [-0.39, 0.29) is 28.9 Å². The summed E-state index contributed by atoms with van der Waals surface area (Å²) in [5.41, 5.74) is 1.34. The highest BCUT2D eigenvalue weighted by atomic mass is 19.4. The Labute approximate surface area is 234 Å². The maximum absolute atomic E-state index is 12.9. The van der Waals surface area contributed by atoms with Crippen LogP contribution in [-0.4, -0.2) is 44.4 Å². The lowest BCUT2D eigenvalue weighted by Crippen LogP contribution is -2.28. The maximum atomic E-state index is 12.9. The summed E-state index contributed by atoms with van der Waals surface area (Å²) >= 11 is 0. The van der Waals surface area contributed by atoms with Gasteiger partial charge in [0.1, 0.15) is 17.3 Å². The van der Waals surface area contributed by atoms with Crippen molar-refractivity contribution in [1.29, 1.82) is 0 Å². The summed E-state index contributed by atoms with van der Waals surface area (Å²) < 4.78 is 74.1. The Morgan fingerprint density at radius 2 is 1.71 bits per heavy atom. The number of esters is 1. The van der Waals surface area contributed by atoms with E-state index >= 15 is 0 Å². The number of hydrogen-bond donors (Lipinski definition) is 3.